The minimum Gasteiger partial charge on any atom is -0.480 e. The highest BCUT2D eigenvalue weighted by Crippen LogP contribution is 2.15. The standard InChI is InChI=1S/C10H10BrNO5S/c11-7-2-1-3-8(4-7)12-9(13)5-18(16,17)6-10(14)15/h1-4H,5-6H2,(H,12,13)(H,14,15). The number of sulfone groups is 1. The quantitative estimate of drug-likeness (QED) is 0.832. The van der Waals surface area contributed by atoms with Gasteiger partial charge < -0.3 is 10.4 Å². The highest BCUT2D eigenvalue weighted by molar-refractivity contribution is 9.10. The number of hydrogen-bond acceptors (Lipinski definition) is 4. The summed E-state index contributed by atoms with van der Waals surface area (Å²) in [4.78, 5) is 21.7. The van der Waals surface area contributed by atoms with Gasteiger partial charge in [0.1, 0.15) is 11.5 Å². The Kier molecular flexibility index (Phi) is 4.85. The van der Waals surface area contributed by atoms with Crippen molar-refractivity contribution in [1.82, 2.24) is 0 Å². The van der Waals surface area contributed by atoms with Gasteiger partial charge in [-0.3, -0.25) is 9.59 Å². The number of carbonyl (C=O) groups excluding carboxylic acids is 1. The van der Waals surface area contributed by atoms with Crippen molar-refractivity contribution in [3.05, 3.63) is 28.7 Å². The molecule has 1 aromatic rings. The van der Waals surface area contributed by atoms with E-state index in [9.17, 15) is 18.0 Å². The third-order valence-corrected chi connectivity index (χ3v) is 3.68. The summed E-state index contributed by atoms with van der Waals surface area (Å²) in [5.74, 6) is -4.16. The van der Waals surface area contributed by atoms with E-state index in [0.29, 0.717) is 5.69 Å². The second-order valence-corrected chi connectivity index (χ2v) is 6.46. The van der Waals surface area contributed by atoms with Gasteiger partial charge in [0.25, 0.3) is 0 Å². The maximum atomic E-state index is 11.4. The molecule has 0 spiro atoms. The number of anilines is 1. The molecule has 8 heteroatoms. The van der Waals surface area contributed by atoms with Gasteiger partial charge >= 0.3 is 5.97 Å². The first-order valence-electron chi connectivity index (χ1n) is 4.76. The number of carboxylic acids is 1. The van der Waals surface area contributed by atoms with Crippen LogP contribution < -0.4 is 5.32 Å². The molecule has 0 aliphatic carbocycles. The molecular formula is C10H10BrNO5S. The first kappa shape index (κ1) is 14.7. The van der Waals surface area contributed by atoms with Crippen LogP contribution in [0.2, 0.25) is 0 Å². The Morgan fingerprint density at radius 1 is 1.28 bits per heavy atom. The molecule has 0 bridgehead atoms. The molecule has 0 aromatic heterocycles. The van der Waals surface area contributed by atoms with Crippen molar-refractivity contribution >= 4 is 43.3 Å². The van der Waals surface area contributed by atoms with Crippen LogP contribution in [0, 0.1) is 0 Å². The van der Waals surface area contributed by atoms with Gasteiger partial charge in [-0.2, -0.15) is 0 Å². The molecule has 2 N–H and O–H groups in total. The van der Waals surface area contributed by atoms with Crippen LogP contribution in [0.25, 0.3) is 0 Å². The van der Waals surface area contributed by atoms with Crippen molar-refractivity contribution in [2.24, 2.45) is 0 Å². The summed E-state index contributed by atoms with van der Waals surface area (Å²) in [5.41, 5.74) is 0.430. The molecule has 0 heterocycles. The second kappa shape index (κ2) is 5.96. The normalized spacial score (nSPS) is 10.9. The molecule has 18 heavy (non-hydrogen) atoms. The Morgan fingerprint density at radius 2 is 1.94 bits per heavy atom. The van der Waals surface area contributed by atoms with Crippen LogP contribution in [-0.4, -0.2) is 36.9 Å². The summed E-state index contributed by atoms with van der Waals surface area (Å²) in [6, 6.07) is 6.61. The third-order valence-electron chi connectivity index (χ3n) is 1.80. The molecule has 0 fully saturated rings. The van der Waals surface area contributed by atoms with Crippen molar-refractivity contribution < 1.29 is 23.1 Å². The van der Waals surface area contributed by atoms with Crippen molar-refractivity contribution in [1.29, 1.82) is 0 Å². The van der Waals surface area contributed by atoms with Crippen LogP contribution in [0.4, 0.5) is 5.69 Å². The first-order valence-corrected chi connectivity index (χ1v) is 7.37. The fraction of sp³-hybridized carbons (Fsp3) is 0.200. The van der Waals surface area contributed by atoms with Crippen LogP contribution in [0.3, 0.4) is 0 Å². The average molecular weight is 336 g/mol. The fourth-order valence-electron chi connectivity index (χ4n) is 1.20. The Labute approximate surface area is 112 Å². The minimum absolute atomic E-state index is 0.430. The van der Waals surface area contributed by atoms with E-state index in [0.717, 1.165) is 4.47 Å². The predicted octanol–water partition coefficient (Wildman–Crippen LogP) is 0.887. The Bertz CT molecular complexity index is 569. The van der Waals surface area contributed by atoms with E-state index in [1.165, 1.54) is 0 Å². The average Bonchev–Trinajstić information content (AvgIpc) is 2.13. The number of rotatable bonds is 5. The van der Waals surface area contributed by atoms with Gasteiger partial charge in [0.05, 0.1) is 0 Å². The topological polar surface area (TPSA) is 101 Å². The molecule has 0 saturated carbocycles. The largest absolute Gasteiger partial charge is 0.480 e. The monoisotopic (exact) mass is 335 g/mol. The zero-order valence-electron chi connectivity index (χ0n) is 9.09. The van der Waals surface area contributed by atoms with Crippen molar-refractivity contribution in [2.75, 3.05) is 16.8 Å². The van der Waals surface area contributed by atoms with Crippen molar-refractivity contribution in [3.8, 4) is 0 Å². The van der Waals surface area contributed by atoms with E-state index in [2.05, 4.69) is 21.2 Å². The van der Waals surface area contributed by atoms with Crippen LogP contribution in [0.5, 0.6) is 0 Å². The van der Waals surface area contributed by atoms with E-state index in [1.807, 2.05) is 0 Å². The van der Waals surface area contributed by atoms with Crippen LogP contribution in [0.1, 0.15) is 0 Å². The number of nitrogens with one attached hydrogen (secondary N) is 1. The molecule has 1 rings (SSSR count). The number of halogens is 1. The van der Waals surface area contributed by atoms with Gasteiger partial charge in [-0.1, -0.05) is 22.0 Å². The van der Waals surface area contributed by atoms with E-state index >= 15 is 0 Å². The SMILES string of the molecule is O=C(O)CS(=O)(=O)CC(=O)Nc1cccc(Br)c1. The van der Waals surface area contributed by atoms with E-state index in [4.69, 9.17) is 5.11 Å². The van der Waals surface area contributed by atoms with Gasteiger partial charge in [-0.25, -0.2) is 8.42 Å². The fourth-order valence-corrected chi connectivity index (χ4v) is 2.55. The Morgan fingerprint density at radius 3 is 2.50 bits per heavy atom. The van der Waals surface area contributed by atoms with Gasteiger partial charge in [0, 0.05) is 10.2 Å². The van der Waals surface area contributed by atoms with Crippen molar-refractivity contribution in [3.63, 3.8) is 0 Å². The summed E-state index contributed by atoms with van der Waals surface area (Å²) < 4.78 is 23.2. The Balaban J connectivity index is 2.65. The molecule has 98 valence electrons. The zero-order chi connectivity index (χ0) is 13.8. The van der Waals surface area contributed by atoms with Crippen LogP contribution in [-0.2, 0) is 19.4 Å². The number of hydrogen-bond donors (Lipinski definition) is 2. The van der Waals surface area contributed by atoms with E-state index in [-0.39, 0.29) is 0 Å². The van der Waals surface area contributed by atoms with Gasteiger partial charge in [0.2, 0.25) is 5.91 Å². The lowest BCUT2D eigenvalue weighted by molar-refractivity contribution is -0.134. The van der Waals surface area contributed by atoms with E-state index < -0.39 is 33.2 Å². The molecule has 1 amide bonds. The lowest BCUT2D eigenvalue weighted by Crippen LogP contribution is -2.27. The number of carboxylic acid groups (broad SMARTS) is 1. The number of carbonyl (C=O) groups is 2. The predicted molar refractivity (Wildman–Crippen MR) is 69.1 cm³/mol. The second-order valence-electron chi connectivity index (χ2n) is 3.48. The zero-order valence-corrected chi connectivity index (χ0v) is 11.5. The molecule has 0 aliphatic rings. The van der Waals surface area contributed by atoms with Gasteiger partial charge in [0.15, 0.2) is 9.84 Å². The van der Waals surface area contributed by atoms with E-state index in [1.54, 1.807) is 24.3 Å². The Hall–Kier alpha value is -1.41. The molecule has 6 nitrogen and oxygen atoms in total. The summed E-state index contributed by atoms with van der Waals surface area (Å²) >= 11 is 3.20. The summed E-state index contributed by atoms with van der Waals surface area (Å²) in [6.07, 6.45) is 0. The molecule has 0 saturated heterocycles. The highest BCUT2D eigenvalue weighted by atomic mass is 79.9. The lowest BCUT2D eigenvalue weighted by atomic mass is 10.3. The summed E-state index contributed by atoms with van der Waals surface area (Å²) in [5, 5.41) is 10.7. The number of amides is 1. The molecule has 0 radical (unpaired) electrons. The third kappa shape index (κ3) is 5.28. The highest BCUT2D eigenvalue weighted by Gasteiger charge is 2.20. The molecule has 1 aromatic carbocycles. The van der Waals surface area contributed by atoms with Crippen molar-refractivity contribution in [2.45, 2.75) is 0 Å². The molecular weight excluding hydrogens is 326 g/mol. The number of benzene rings is 1. The lowest BCUT2D eigenvalue weighted by Gasteiger charge is -2.05. The molecule has 0 unspecified atom stereocenters. The first-order chi connectivity index (χ1) is 8.28. The van der Waals surface area contributed by atoms with Gasteiger partial charge in [-0.05, 0) is 18.2 Å². The maximum Gasteiger partial charge on any atom is 0.318 e. The minimum atomic E-state index is -3.93. The van der Waals surface area contributed by atoms with Gasteiger partial charge in [-0.15, -0.1) is 0 Å². The van der Waals surface area contributed by atoms with Crippen LogP contribution in [0.15, 0.2) is 28.7 Å². The van der Waals surface area contributed by atoms with Crippen LogP contribution >= 0.6 is 15.9 Å². The smallest absolute Gasteiger partial charge is 0.318 e. The number of aliphatic carboxylic acids is 1. The maximum absolute atomic E-state index is 11.4. The summed E-state index contributed by atoms with van der Waals surface area (Å²) in [6.45, 7) is 0. The summed E-state index contributed by atoms with van der Waals surface area (Å²) in [7, 11) is -3.93. The molecule has 0 atom stereocenters. The molecule has 0 aliphatic heterocycles.